The molecule has 0 spiro atoms. The molecule has 0 aromatic heterocycles. The van der Waals surface area contributed by atoms with Crippen molar-refractivity contribution in [2.75, 3.05) is 44.7 Å². The van der Waals surface area contributed by atoms with Gasteiger partial charge in [-0.25, -0.2) is 0 Å². The fourth-order valence-corrected chi connectivity index (χ4v) is 3.30. The fraction of sp³-hybridized carbons (Fsp3) is 0.579. The third kappa shape index (κ3) is 3.55. The topological polar surface area (TPSA) is 43.9 Å². The molecule has 2 aliphatic rings. The predicted molar refractivity (Wildman–Crippen MR) is 95.1 cm³/mol. The highest BCUT2D eigenvalue weighted by atomic mass is 16.2. The molecule has 3 rings (SSSR count). The molecule has 2 amide bonds. The Bertz CT molecular complexity index is 631. The molecule has 2 fully saturated rings. The molecule has 1 aromatic carbocycles. The zero-order valence-corrected chi connectivity index (χ0v) is 14.9. The molecule has 1 saturated carbocycles. The SMILES string of the molecule is Cc1cccc(N(C)CC(=O)N2CCN(C(=O)C3CC3)CC2)c1C. The van der Waals surface area contributed by atoms with Gasteiger partial charge in [0, 0.05) is 44.8 Å². The molecule has 1 heterocycles. The first-order chi connectivity index (χ1) is 11.5. The monoisotopic (exact) mass is 329 g/mol. The lowest BCUT2D eigenvalue weighted by Gasteiger charge is -2.36. The normalized spacial score (nSPS) is 17.8. The second kappa shape index (κ2) is 6.83. The van der Waals surface area contributed by atoms with Gasteiger partial charge < -0.3 is 14.7 Å². The first-order valence-corrected chi connectivity index (χ1v) is 8.81. The van der Waals surface area contributed by atoms with Crippen LogP contribution in [-0.2, 0) is 9.59 Å². The minimum Gasteiger partial charge on any atom is -0.365 e. The molecular formula is C19H27N3O2. The van der Waals surface area contributed by atoms with Crippen LogP contribution >= 0.6 is 0 Å². The van der Waals surface area contributed by atoms with E-state index in [1.165, 1.54) is 11.1 Å². The molecule has 5 nitrogen and oxygen atoms in total. The van der Waals surface area contributed by atoms with E-state index in [0.717, 1.165) is 18.5 Å². The number of hydrogen-bond acceptors (Lipinski definition) is 3. The van der Waals surface area contributed by atoms with E-state index in [0.29, 0.717) is 32.7 Å². The highest BCUT2D eigenvalue weighted by Gasteiger charge is 2.35. The molecule has 0 atom stereocenters. The van der Waals surface area contributed by atoms with Crippen LogP contribution in [0.1, 0.15) is 24.0 Å². The van der Waals surface area contributed by atoms with E-state index in [9.17, 15) is 9.59 Å². The van der Waals surface area contributed by atoms with Crippen LogP contribution in [0, 0.1) is 19.8 Å². The maximum Gasteiger partial charge on any atom is 0.242 e. The van der Waals surface area contributed by atoms with Gasteiger partial charge in [0.15, 0.2) is 0 Å². The number of likely N-dealkylation sites (N-methyl/N-ethyl adjacent to an activating group) is 1. The molecule has 0 unspecified atom stereocenters. The largest absolute Gasteiger partial charge is 0.365 e. The average molecular weight is 329 g/mol. The van der Waals surface area contributed by atoms with Crippen molar-refractivity contribution in [2.24, 2.45) is 5.92 Å². The second-order valence-electron chi connectivity index (χ2n) is 7.06. The van der Waals surface area contributed by atoms with Crippen LogP contribution in [0.4, 0.5) is 5.69 Å². The summed E-state index contributed by atoms with van der Waals surface area (Å²) in [6.45, 7) is 7.21. The van der Waals surface area contributed by atoms with Crippen molar-refractivity contribution in [1.29, 1.82) is 0 Å². The van der Waals surface area contributed by atoms with Crippen LogP contribution in [0.25, 0.3) is 0 Å². The molecule has 0 radical (unpaired) electrons. The van der Waals surface area contributed by atoms with Gasteiger partial charge in [-0.3, -0.25) is 9.59 Å². The zero-order valence-electron chi connectivity index (χ0n) is 14.9. The maximum absolute atomic E-state index is 12.6. The number of rotatable bonds is 4. The van der Waals surface area contributed by atoms with Gasteiger partial charge in [-0.05, 0) is 43.9 Å². The number of hydrogen-bond donors (Lipinski definition) is 0. The number of aryl methyl sites for hydroxylation is 1. The van der Waals surface area contributed by atoms with Crippen molar-refractivity contribution < 1.29 is 9.59 Å². The van der Waals surface area contributed by atoms with Crippen molar-refractivity contribution in [3.63, 3.8) is 0 Å². The summed E-state index contributed by atoms with van der Waals surface area (Å²) in [5.41, 5.74) is 3.55. The third-order valence-corrected chi connectivity index (χ3v) is 5.23. The van der Waals surface area contributed by atoms with E-state index in [1.807, 2.05) is 27.8 Å². The van der Waals surface area contributed by atoms with Crippen LogP contribution in [0.2, 0.25) is 0 Å². The summed E-state index contributed by atoms with van der Waals surface area (Å²) in [5.74, 6) is 0.689. The standard InChI is InChI=1S/C19H27N3O2/c1-14-5-4-6-17(15(14)2)20(3)13-18(23)21-9-11-22(12-10-21)19(24)16-7-8-16/h4-6,16H,7-13H2,1-3H3. The van der Waals surface area contributed by atoms with Crippen LogP contribution in [0.15, 0.2) is 18.2 Å². The minimum atomic E-state index is 0.136. The number of amides is 2. The van der Waals surface area contributed by atoms with Gasteiger partial charge in [0.1, 0.15) is 0 Å². The third-order valence-electron chi connectivity index (χ3n) is 5.23. The van der Waals surface area contributed by atoms with Crippen LogP contribution in [0.3, 0.4) is 0 Å². The smallest absolute Gasteiger partial charge is 0.242 e. The Morgan fingerprint density at radius 3 is 2.33 bits per heavy atom. The number of benzene rings is 1. The summed E-state index contributed by atoms with van der Waals surface area (Å²) >= 11 is 0. The number of carbonyl (C=O) groups excluding carboxylic acids is 2. The van der Waals surface area contributed by atoms with E-state index >= 15 is 0 Å². The number of anilines is 1. The Morgan fingerprint density at radius 1 is 1.08 bits per heavy atom. The summed E-state index contributed by atoms with van der Waals surface area (Å²) in [5, 5.41) is 0. The maximum atomic E-state index is 12.6. The molecule has 1 aliphatic carbocycles. The van der Waals surface area contributed by atoms with Gasteiger partial charge in [0.05, 0.1) is 6.54 Å². The van der Waals surface area contributed by atoms with Crippen molar-refractivity contribution in [3.8, 4) is 0 Å². The molecule has 24 heavy (non-hydrogen) atoms. The van der Waals surface area contributed by atoms with Gasteiger partial charge in [-0.15, -0.1) is 0 Å². The zero-order chi connectivity index (χ0) is 17.3. The van der Waals surface area contributed by atoms with E-state index < -0.39 is 0 Å². The molecule has 5 heteroatoms. The molecule has 1 aliphatic heterocycles. The summed E-state index contributed by atoms with van der Waals surface area (Å²) in [7, 11) is 1.96. The highest BCUT2D eigenvalue weighted by Crippen LogP contribution is 2.31. The molecule has 0 N–H and O–H groups in total. The van der Waals surface area contributed by atoms with Gasteiger partial charge in [0.25, 0.3) is 0 Å². The first-order valence-electron chi connectivity index (χ1n) is 8.81. The lowest BCUT2D eigenvalue weighted by atomic mass is 10.1. The summed E-state index contributed by atoms with van der Waals surface area (Å²) in [4.78, 5) is 30.5. The molecule has 130 valence electrons. The van der Waals surface area contributed by atoms with E-state index in [4.69, 9.17) is 0 Å². The predicted octanol–water partition coefficient (Wildman–Crippen LogP) is 1.82. The molecular weight excluding hydrogens is 302 g/mol. The lowest BCUT2D eigenvalue weighted by Crippen LogP contribution is -2.52. The minimum absolute atomic E-state index is 0.136. The first kappa shape index (κ1) is 16.8. The average Bonchev–Trinajstić information content (AvgIpc) is 3.41. The van der Waals surface area contributed by atoms with E-state index in [-0.39, 0.29) is 17.7 Å². The number of carbonyl (C=O) groups is 2. The Hall–Kier alpha value is -2.04. The van der Waals surface area contributed by atoms with Crippen molar-refractivity contribution in [2.45, 2.75) is 26.7 Å². The van der Waals surface area contributed by atoms with E-state index in [1.54, 1.807) is 0 Å². The summed E-state index contributed by atoms with van der Waals surface area (Å²) in [6, 6.07) is 6.17. The van der Waals surface area contributed by atoms with Gasteiger partial charge in [-0.1, -0.05) is 12.1 Å². The Labute approximate surface area is 144 Å². The quantitative estimate of drug-likeness (QED) is 0.846. The summed E-state index contributed by atoms with van der Waals surface area (Å²) in [6.07, 6.45) is 2.08. The van der Waals surface area contributed by atoms with Crippen LogP contribution < -0.4 is 4.90 Å². The van der Waals surface area contributed by atoms with Gasteiger partial charge in [-0.2, -0.15) is 0 Å². The lowest BCUT2D eigenvalue weighted by molar-refractivity contribution is -0.139. The van der Waals surface area contributed by atoms with Crippen LogP contribution in [0.5, 0.6) is 0 Å². The molecule has 0 bridgehead atoms. The second-order valence-corrected chi connectivity index (χ2v) is 7.06. The van der Waals surface area contributed by atoms with Gasteiger partial charge >= 0.3 is 0 Å². The Morgan fingerprint density at radius 2 is 1.71 bits per heavy atom. The summed E-state index contributed by atoms with van der Waals surface area (Å²) < 4.78 is 0. The van der Waals surface area contributed by atoms with E-state index in [2.05, 4.69) is 26.0 Å². The molecule has 1 saturated heterocycles. The van der Waals surface area contributed by atoms with Crippen molar-refractivity contribution >= 4 is 17.5 Å². The highest BCUT2D eigenvalue weighted by molar-refractivity contribution is 5.83. The number of nitrogens with zero attached hydrogens (tertiary/aromatic N) is 3. The van der Waals surface area contributed by atoms with Crippen LogP contribution in [-0.4, -0.2) is 61.4 Å². The molecule has 1 aromatic rings. The van der Waals surface area contributed by atoms with Gasteiger partial charge in [0.2, 0.25) is 11.8 Å². The van der Waals surface area contributed by atoms with Crippen molar-refractivity contribution in [3.05, 3.63) is 29.3 Å². The Kier molecular flexibility index (Phi) is 4.78. The fourth-order valence-electron chi connectivity index (χ4n) is 3.30. The Balaban J connectivity index is 1.53. The van der Waals surface area contributed by atoms with Crippen molar-refractivity contribution in [1.82, 2.24) is 9.80 Å². The number of piperazine rings is 1.